The number of halogens is 1. The van der Waals surface area contributed by atoms with Crippen molar-refractivity contribution in [1.29, 1.82) is 0 Å². The van der Waals surface area contributed by atoms with Crippen LogP contribution in [0.3, 0.4) is 0 Å². The van der Waals surface area contributed by atoms with Crippen molar-refractivity contribution < 1.29 is 9.66 Å². The number of pyridine rings is 1. The lowest BCUT2D eigenvalue weighted by Crippen LogP contribution is -2.61. The Kier molecular flexibility index (Phi) is 3.21. The highest BCUT2D eigenvalue weighted by atomic mass is 127. The fourth-order valence-corrected chi connectivity index (χ4v) is 2.69. The van der Waals surface area contributed by atoms with Gasteiger partial charge in [-0.1, -0.05) is 0 Å². The first-order valence-electron chi connectivity index (χ1n) is 5.05. The molecule has 2 rings (SSSR count). The molecule has 6 nitrogen and oxygen atoms in total. The highest BCUT2D eigenvalue weighted by Gasteiger charge is 2.42. The van der Waals surface area contributed by atoms with Gasteiger partial charge in [0.05, 0.1) is 14.1 Å². The van der Waals surface area contributed by atoms with Crippen molar-refractivity contribution >= 4 is 34.0 Å². The van der Waals surface area contributed by atoms with Gasteiger partial charge in [-0.2, -0.15) is 0 Å². The molecule has 1 fully saturated rings. The second kappa shape index (κ2) is 4.37. The molecule has 2 heterocycles. The van der Waals surface area contributed by atoms with E-state index in [-0.39, 0.29) is 11.3 Å². The quantitative estimate of drug-likeness (QED) is 0.473. The SMILES string of the molecule is COC1(C)CN(c2c(I)cncc2[N+](=O)[O-])C1. The molecule has 0 unspecified atom stereocenters. The molecule has 0 aromatic carbocycles. The first-order chi connectivity index (χ1) is 7.97. The van der Waals surface area contributed by atoms with Crippen LogP contribution >= 0.6 is 22.6 Å². The molecule has 1 aromatic heterocycles. The molecule has 0 spiro atoms. The van der Waals surface area contributed by atoms with Crippen LogP contribution in [-0.2, 0) is 4.74 Å². The maximum atomic E-state index is 11.0. The second-order valence-corrected chi connectivity index (χ2v) is 5.42. The molecular weight excluding hydrogens is 337 g/mol. The third-order valence-corrected chi connectivity index (χ3v) is 3.70. The topological polar surface area (TPSA) is 68.5 Å². The summed E-state index contributed by atoms with van der Waals surface area (Å²) in [6.45, 7) is 3.30. The molecule has 92 valence electrons. The Hall–Kier alpha value is -0.960. The molecule has 1 aliphatic heterocycles. The minimum absolute atomic E-state index is 0.0510. The summed E-state index contributed by atoms with van der Waals surface area (Å²) >= 11 is 2.07. The number of methoxy groups -OCH3 is 1. The van der Waals surface area contributed by atoms with Gasteiger partial charge in [-0.15, -0.1) is 0 Å². The Balaban J connectivity index is 2.31. The van der Waals surface area contributed by atoms with Crippen LogP contribution in [0.25, 0.3) is 0 Å². The number of nitro groups is 1. The zero-order chi connectivity index (χ0) is 12.6. The van der Waals surface area contributed by atoms with Gasteiger partial charge in [0.1, 0.15) is 11.9 Å². The average molecular weight is 349 g/mol. The normalized spacial score (nSPS) is 17.7. The van der Waals surface area contributed by atoms with Gasteiger partial charge in [0, 0.05) is 26.4 Å². The van der Waals surface area contributed by atoms with Crippen LogP contribution in [0.1, 0.15) is 6.92 Å². The number of ether oxygens (including phenoxy) is 1. The van der Waals surface area contributed by atoms with Crippen LogP contribution < -0.4 is 4.90 Å². The fraction of sp³-hybridized carbons (Fsp3) is 0.500. The summed E-state index contributed by atoms with van der Waals surface area (Å²) < 4.78 is 6.12. The Morgan fingerprint density at radius 2 is 2.24 bits per heavy atom. The van der Waals surface area contributed by atoms with Gasteiger partial charge in [-0.25, -0.2) is 0 Å². The van der Waals surface area contributed by atoms with Crippen LogP contribution in [0.2, 0.25) is 0 Å². The minimum Gasteiger partial charge on any atom is -0.375 e. The molecule has 1 saturated heterocycles. The van der Waals surface area contributed by atoms with Gasteiger partial charge in [-0.3, -0.25) is 15.1 Å². The summed E-state index contributed by atoms with van der Waals surface area (Å²) in [6, 6.07) is 0. The summed E-state index contributed by atoms with van der Waals surface area (Å²) in [5, 5.41) is 11.0. The van der Waals surface area contributed by atoms with E-state index < -0.39 is 4.92 Å². The summed E-state index contributed by atoms with van der Waals surface area (Å²) in [7, 11) is 1.66. The van der Waals surface area contributed by atoms with Gasteiger partial charge in [0.25, 0.3) is 0 Å². The van der Waals surface area contributed by atoms with Crippen LogP contribution in [0.5, 0.6) is 0 Å². The highest BCUT2D eigenvalue weighted by Crippen LogP contribution is 2.38. The van der Waals surface area contributed by atoms with E-state index in [0.29, 0.717) is 18.8 Å². The summed E-state index contributed by atoms with van der Waals surface area (Å²) in [5.41, 5.74) is 0.482. The molecule has 0 aliphatic carbocycles. The fourth-order valence-electron chi connectivity index (χ4n) is 1.91. The molecule has 0 radical (unpaired) electrons. The van der Waals surface area contributed by atoms with Crippen molar-refractivity contribution in [1.82, 2.24) is 4.98 Å². The molecule has 0 bridgehead atoms. The molecule has 1 aromatic rings. The van der Waals surface area contributed by atoms with Crippen LogP contribution in [0.4, 0.5) is 11.4 Å². The van der Waals surface area contributed by atoms with Gasteiger partial charge in [0.2, 0.25) is 0 Å². The lowest BCUT2D eigenvalue weighted by Gasteiger charge is -2.48. The predicted octanol–water partition coefficient (Wildman–Crippen LogP) is 1.82. The molecule has 0 amide bonds. The number of aromatic nitrogens is 1. The minimum atomic E-state index is -0.396. The van der Waals surface area contributed by atoms with E-state index in [4.69, 9.17) is 4.74 Å². The maximum Gasteiger partial charge on any atom is 0.311 e. The lowest BCUT2D eigenvalue weighted by atomic mass is 9.95. The average Bonchev–Trinajstić information content (AvgIpc) is 2.24. The third kappa shape index (κ3) is 2.21. The van der Waals surface area contributed by atoms with E-state index in [0.717, 1.165) is 3.57 Å². The van der Waals surface area contributed by atoms with Gasteiger partial charge in [-0.05, 0) is 29.5 Å². The maximum absolute atomic E-state index is 11.0. The van der Waals surface area contributed by atoms with E-state index >= 15 is 0 Å². The molecule has 17 heavy (non-hydrogen) atoms. The summed E-state index contributed by atoms with van der Waals surface area (Å²) in [5.74, 6) is 0. The number of nitrogens with zero attached hydrogens (tertiary/aromatic N) is 3. The third-order valence-electron chi connectivity index (χ3n) is 2.91. The number of rotatable bonds is 3. The van der Waals surface area contributed by atoms with Crippen molar-refractivity contribution in [2.75, 3.05) is 25.1 Å². The van der Waals surface area contributed by atoms with E-state index in [1.807, 2.05) is 11.8 Å². The van der Waals surface area contributed by atoms with Crippen molar-refractivity contribution in [2.45, 2.75) is 12.5 Å². The Morgan fingerprint density at radius 3 is 2.76 bits per heavy atom. The second-order valence-electron chi connectivity index (χ2n) is 4.26. The molecule has 7 heteroatoms. The van der Waals surface area contributed by atoms with E-state index in [2.05, 4.69) is 27.6 Å². The van der Waals surface area contributed by atoms with E-state index in [9.17, 15) is 10.1 Å². The number of anilines is 1. The smallest absolute Gasteiger partial charge is 0.311 e. The lowest BCUT2D eigenvalue weighted by molar-refractivity contribution is -0.384. The monoisotopic (exact) mass is 349 g/mol. The zero-order valence-electron chi connectivity index (χ0n) is 9.51. The van der Waals surface area contributed by atoms with Crippen LogP contribution in [0, 0.1) is 13.7 Å². The zero-order valence-corrected chi connectivity index (χ0v) is 11.7. The number of hydrogen-bond donors (Lipinski definition) is 0. The number of hydrogen-bond acceptors (Lipinski definition) is 5. The van der Waals surface area contributed by atoms with Crippen LogP contribution in [-0.4, -0.2) is 35.7 Å². The van der Waals surface area contributed by atoms with E-state index in [1.54, 1.807) is 13.3 Å². The summed E-state index contributed by atoms with van der Waals surface area (Å²) in [4.78, 5) is 16.4. The Labute approximate surface area is 112 Å². The van der Waals surface area contributed by atoms with Crippen molar-refractivity contribution in [3.05, 3.63) is 26.1 Å². The van der Waals surface area contributed by atoms with Crippen molar-refractivity contribution in [2.24, 2.45) is 0 Å². The molecule has 0 N–H and O–H groups in total. The Bertz CT molecular complexity index is 460. The predicted molar refractivity (Wildman–Crippen MR) is 71.2 cm³/mol. The first kappa shape index (κ1) is 12.5. The van der Waals surface area contributed by atoms with Crippen molar-refractivity contribution in [3.63, 3.8) is 0 Å². The highest BCUT2D eigenvalue weighted by molar-refractivity contribution is 14.1. The molecule has 1 aliphatic rings. The van der Waals surface area contributed by atoms with Crippen LogP contribution in [0.15, 0.2) is 12.4 Å². The van der Waals surface area contributed by atoms with Crippen molar-refractivity contribution in [3.8, 4) is 0 Å². The first-order valence-corrected chi connectivity index (χ1v) is 6.13. The molecule has 0 atom stereocenters. The van der Waals surface area contributed by atoms with Gasteiger partial charge < -0.3 is 9.64 Å². The molecular formula is C10H12IN3O3. The summed E-state index contributed by atoms with van der Waals surface area (Å²) in [6.07, 6.45) is 2.92. The van der Waals surface area contributed by atoms with Gasteiger partial charge in [0.15, 0.2) is 0 Å². The van der Waals surface area contributed by atoms with Gasteiger partial charge >= 0.3 is 5.69 Å². The molecule has 0 saturated carbocycles. The Morgan fingerprint density at radius 1 is 1.59 bits per heavy atom. The largest absolute Gasteiger partial charge is 0.375 e. The van der Waals surface area contributed by atoms with E-state index in [1.165, 1.54) is 6.20 Å². The standard InChI is InChI=1S/C10H12IN3O3/c1-10(17-2)5-13(6-10)9-7(11)3-12-4-8(9)14(15)16/h3-4H,5-6H2,1-2H3.